The van der Waals surface area contributed by atoms with Gasteiger partial charge in [0, 0.05) is 0 Å². The topological polar surface area (TPSA) is 40.5 Å². The standard InChI is InChI=1S/C16H13BO2/c18-17(19)14-10-9-13-7-4-8-15(16(13)11-14)12-5-2-1-3-6-12/h1-11,18-19H. The fourth-order valence-corrected chi connectivity index (χ4v) is 2.32. The first-order valence-corrected chi connectivity index (χ1v) is 6.20. The lowest BCUT2D eigenvalue weighted by atomic mass is 9.79. The molecule has 0 heterocycles. The molecule has 19 heavy (non-hydrogen) atoms. The van der Waals surface area contributed by atoms with Gasteiger partial charge in [-0.05, 0) is 27.4 Å². The first-order chi connectivity index (χ1) is 9.25. The van der Waals surface area contributed by atoms with Crippen LogP contribution in [0.2, 0.25) is 0 Å². The Morgan fingerprint density at radius 1 is 0.737 bits per heavy atom. The summed E-state index contributed by atoms with van der Waals surface area (Å²) in [6.07, 6.45) is 0. The van der Waals surface area contributed by atoms with E-state index in [1.54, 1.807) is 6.07 Å². The molecule has 0 aliphatic carbocycles. The zero-order valence-electron chi connectivity index (χ0n) is 10.3. The number of fused-ring (bicyclic) bond motifs is 1. The Morgan fingerprint density at radius 3 is 2.26 bits per heavy atom. The predicted octanol–water partition coefficient (Wildman–Crippen LogP) is 2.19. The van der Waals surface area contributed by atoms with Crippen molar-refractivity contribution in [2.45, 2.75) is 0 Å². The van der Waals surface area contributed by atoms with E-state index in [1.807, 2.05) is 48.5 Å². The van der Waals surface area contributed by atoms with Crippen molar-refractivity contribution in [2.75, 3.05) is 0 Å². The Balaban J connectivity index is 2.27. The second-order valence-electron chi connectivity index (χ2n) is 4.53. The maximum atomic E-state index is 9.30. The Bertz CT molecular complexity index is 708. The van der Waals surface area contributed by atoms with Crippen LogP contribution in [-0.4, -0.2) is 17.2 Å². The van der Waals surface area contributed by atoms with Gasteiger partial charge in [-0.3, -0.25) is 0 Å². The first kappa shape index (κ1) is 12.0. The van der Waals surface area contributed by atoms with E-state index in [2.05, 4.69) is 12.1 Å². The average molecular weight is 248 g/mol. The van der Waals surface area contributed by atoms with Gasteiger partial charge in [0.25, 0.3) is 0 Å². The minimum absolute atomic E-state index is 0.510. The van der Waals surface area contributed by atoms with E-state index in [0.29, 0.717) is 5.46 Å². The fraction of sp³-hybridized carbons (Fsp3) is 0. The first-order valence-electron chi connectivity index (χ1n) is 6.20. The summed E-state index contributed by atoms with van der Waals surface area (Å²) in [5.74, 6) is 0. The molecule has 0 saturated heterocycles. The van der Waals surface area contributed by atoms with Crippen molar-refractivity contribution in [1.29, 1.82) is 0 Å². The highest BCUT2D eigenvalue weighted by Gasteiger charge is 2.12. The quantitative estimate of drug-likeness (QED) is 0.682. The summed E-state index contributed by atoms with van der Waals surface area (Å²) in [5.41, 5.74) is 2.73. The van der Waals surface area contributed by atoms with E-state index in [4.69, 9.17) is 0 Å². The molecule has 0 atom stereocenters. The van der Waals surface area contributed by atoms with Crippen molar-refractivity contribution in [3.8, 4) is 11.1 Å². The molecule has 0 saturated carbocycles. The molecule has 0 spiro atoms. The highest BCUT2D eigenvalue weighted by atomic mass is 16.4. The Kier molecular flexibility index (Phi) is 3.07. The molecule has 3 rings (SSSR count). The molecular formula is C16H13BO2. The van der Waals surface area contributed by atoms with Crippen LogP contribution in [0.25, 0.3) is 21.9 Å². The van der Waals surface area contributed by atoms with Gasteiger partial charge in [-0.2, -0.15) is 0 Å². The number of benzene rings is 3. The highest BCUT2D eigenvalue weighted by molar-refractivity contribution is 6.59. The van der Waals surface area contributed by atoms with Crippen molar-refractivity contribution in [3.05, 3.63) is 66.7 Å². The third-order valence-corrected chi connectivity index (χ3v) is 3.29. The lowest BCUT2D eigenvalue weighted by molar-refractivity contribution is 0.426. The smallest absolute Gasteiger partial charge is 0.423 e. The maximum absolute atomic E-state index is 9.30. The molecule has 3 aromatic rings. The van der Waals surface area contributed by atoms with Crippen LogP contribution in [0.1, 0.15) is 0 Å². The Hall–Kier alpha value is -2.10. The van der Waals surface area contributed by atoms with Gasteiger partial charge >= 0.3 is 7.12 Å². The zero-order chi connectivity index (χ0) is 13.2. The van der Waals surface area contributed by atoms with Crippen LogP contribution in [0.15, 0.2) is 66.7 Å². The third-order valence-electron chi connectivity index (χ3n) is 3.29. The number of hydrogen-bond donors (Lipinski definition) is 2. The Labute approximate surface area is 112 Å². The van der Waals surface area contributed by atoms with Crippen molar-refractivity contribution < 1.29 is 10.0 Å². The van der Waals surface area contributed by atoms with Gasteiger partial charge in [0.05, 0.1) is 0 Å². The summed E-state index contributed by atoms with van der Waals surface area (Å²) in [6, 6.07) is 21.7. The normalized spacial score (nSPS) is 10.6. The molecule has 92 valence electrons. The molecule has 0 fully saturated rings. The van der Waals surface area contributed by atoms with Crippen molar-refractivity contribution in [1.82, 2.24) is 0 Å². The van der Waals surface area contributed by atoms with Crippen molar-refractivity contribution >= 4 is 23.4 Å². The molecule has 2 N–H and O–H groups in total. The minimum atomic E-state index is -1.44. The maximum Gasteiger partial charge on any atom is 0.488 e. The molecule has 2 nitrogen and oxygen atoms in total. The lowest BCUT2D eigenvalue weighted by Crippen LogP contribution is -2.29. The van der Waals surface area contributed by atoms with E-state index in [1.165, 1.54) is 0 Å². The monoisotopic (exact) mass is 248 g/mol. The van der Waals surface area contributed by atoms with Gasteiger partial charge in [-0.25, -0.2) is 0 Å². The van der Waals surface area contributed by atoms with Crippen LogP contribution in [0.4, 0.5) is 0 Å². The average Bonchev–Trinajstić information content (AvgIpc) is 2.47. The van der Waals surface area contributed by atoms with Crippen LogP contribution >= 0.6 is 0 Å². The van der Waals surface area contributed by atoms with Gasteiger partial charge in [-0.15, -0.1) is 0 Å². The minimum Gasteiger partial charge on any atom is -0.423 e. The third kappa shape index (κ3) is 2.26. The van der Waals surface area contributed by atoms with Crippen LogP contribution in [0.3, 0.4) is 0 Å². The molecule has 3 heteroatoms. The van der Waals surface area contributed by atoms with Crippen LogP contribution in [0, 0.1) is 0 Å². The highest BCUT2D eigenvalue weighted by Crippen LogP contribution is 2.27. The summed E-state index contributed by atoms with van der Waals surface area (Å²) in [5, 5.41) is 20.7. The van der Waals surface area contributed by atoms with E-state index < -0.39 is 7.12 Å². The van der Waals surface area contributed by atoms with Crippen LogP contribution in [0.5, 0.6) is 0 Å². The molecule has 0 aliphatic rings. The predicted molar refractivity (Wildman–Crippen MR) is 79.2 cm³/mol. The van der Waals surface area contributed by atoms with Gasteiger partial charge in [0.2, 0.25) is 0 Å². The van der Waals surface area contributed by atoms with E-state index >= 15 is 0 Å². The molecule has 3 aromatic carbocycles. The van der Waals surface area contributed by atoms with E-state index in [-0.39, 0.29) is 0 Å². The largest absolute Gasteiger partial charge is 0.488 e. The second kappa shape index (κ2) is 4.88. The van der Waals surface area contributed by atoms with Gasteiger partial charge in [-0.1, -0.05) is 66.7 Å². The Morgan fingerprint density at radius 2 is 1.53 bits per heavy atom. The fourth-order valence-electron chi connectivity index (χ4n) is 2.32. The van der Waals surface area contributed by atoms with Crippen LogP contribution < -0.4 is 5.46 Å². The van der Waals surface area contributed by atoms with Crippen molar-refractivity contribution in [2.24, 2.45) is 0 Å². The number of hydrogen-bond acceptors (Lipinski definition) is 2. The van der Waals surface area contributed by atoms with E-state index in [9.17, 15) is 10.0 Å². The van der Waals surface area contributed by atoms with Gasteiger partial charge in [0.1, 0.15) is 0 Å². The summed E-state index contributed by atoms with van der Waals surface area (Å²) < 4.78 is 0. The zero-order valence-corrected chi connectivity index (χ0v) is 10.3. The molecule has 0 bridgehead atoms. The lowest BCUT2D eigenvalue weighted by Gasteiger charge is -2.09. The molecule has 0 aromatic heterocycles. The van der Waals surface area contributed by atoms with Crippen LogP contribution in [-0.2, 0) is 0 Å². The summed E-state index contributed by atoms with van der Waals surface area (Å²) in [6.45, 7) is 0. The molecular weight excluding hydrogens is 235 g/mol. The van der Waals surface area contributed by atoms with E-state index in [0.717, 1.165) is 21.9 Å². The molecule has 0 amide bonds. The summed E-state index contributed by atoms with van der Waals surface area (Å²) in [7, 11) is -1.44. The number of rotatable bonds is 2. The molecule has 0 radical (unpaired) electrons. The van der Waals surface area contributed by atoms with Gasteiger partial charge in [0.15, 0.2) is 0 Å². The molecule has 0 aliphatic heterocycles. The second-order valence-corrected chi connectivity index (χ2v) is 4.53. The SMILES string of the molecule is OB(O)c1ccc2cccc(-c3ccccc3)c2c1. The summed E-state index contributed by atoms with van der Waals surface area (Å²) >= 11 is 0. The van der Waals surface area contributed by atoms with Crippen molar-refractivity contribution in [3.63, 3.8) is 0 Å². The van der Waals surface area contributed by atoms with Gasteiger partial charge < -0.3 is 10.0 Å². The summed E-state index contributed by atoms with van der Waals surface area (Å²) in [4.78, 5) is 0. The molecule has 0 unspecified atom stereocenters.